The zero-order chi connectivity index (χ0) is 16.4. The van der Waals surface area contributed by atoms with Crippen LogP contribution in [0.3, 0.4) is 0 Å². The molecule has 0 radical (unpaired) electrons. The fourth-order valence-corrected chi connectivity index (χ4v) is 2.05. The van der Waals surface area contributed by atoms with Gasteiger partial charge in [-0.3, -0.25) is 10.5 Å². The van der Waals surface area contributed by atoms with Crippen LogP contribution in [0.2, 0.25) is 0 Å². The molecule has 3 aromatic rings. The molecule has 0 saturated carbocycles. The second-order valence-electron chi connectivity index (χ2n) is 6.01. The Morgan fingerprint density at radius 1 is 1.26 bits per heavy atom. The molecule has 120 valence electrons. The topological polar surface area (TPSA) is 108 Å². The predicted octanol–water partition coefficient (Wildman–Crippen LogP) is 2.80. The van der Waals surface area contributed by atoms with Crippen LogP contribution in [-0.2, 0) is 4.74 Å². The minimum Gasteiger partial charge on any atom is -0.443 e. The number of hydrogen-bond acceptors (Lipinski definition) is 5. The SMILES string of the molecule is CC(C)(C)OC(=O)NNc1cn[nH]c1-c1nc2ccccc2[nH]1. The molecule has 0 aliphatic rings. The molecule has 0 unspecified atom stereocenters. The number of fused-ring (bicyclic) bond motifs is 1. The summed E-state index contributed by atoms with van der Waals surface area (Å²) < 4.78 is 5.16. The van der Waals surface area contributed by atoms with Crippen LogP contribution < -0.4 is 10.9 Å². The third kappa shape index (κ3) is 3.42. The number of ether oxygens (including phenoxy) is 1. The third-order valence-electron chi connectivity index (χ3n) is 2.96. The summed E-state index contributed by atoms with van der Waals surface area (Å²) in [4.78, 5) is 19.4. The number of anilines is 1. The van der Waals surface area contributed by atoms with Gasteiger partial charge in [0.2, 0.25) is 0 Å². The van der Waals surface area contributed by atoms with Gasteiger partial charge in [0.25, 0.3) is 0 Å². The van der Waals surface area contributed by atoms with Gasteiger partial charge in [-0.25, -0.2) is 15.2 Å². The number of aromatic amines is 2. The van der Waals surface area contributed by atoms with E-state index in [-0.39, 0.29) is 0 Å². The van der Waals surface area contributed by atoms with E-state index in [2.05, 4.69) is 31.0 Å². The summed E-state index contributed by atoms with van der Waals surface area (Å²) >= 11 is 0. The predicted molar refractivity (Wildman–Crippen MR) is 86.7 cm³/mol. The number of H-pyrrole nitrogens is 2. The standard InChI is InChI=1S/C15H18N6O2/c1-15(2,3)23-14(22)21-19-11-8-16-20-12(11)13-17-9-6-4-5-7-10(9)18-13/h4-8,19H,1-3H3,(H,16,20)(H,17,18)(H,21,22). The van der Waals surface area contributed by atoms with Crippen LogP contribution in [0.1, 0.15) is 20.8 Å². The number of hydrogen-bond donors (Lipinski definition) is 4. The summed E-state index contributed by atoms with van der Waals surface area (Å²) in [6, 6.07) is 7.70. The van der Waals surface area contributed by atoms with Crippen molar-refractivity contribution in [1.82, 2.24) is 25.6 Å². The quantitative estimate of drug-likeness (QED) is 0.556. The summed E-state index contributed by atoms with van der Waals surface area (Å²) in [7, 11) is 0. The van der Waals surface area contributed by atoms with Gasteiger partial charge in [-0.1, -0.05) is 12.1 Å². The Labute approximate surface area is 132 Å². The van der Waals surface area contributed by atoms with Gasteiger partial charge in [0.15, 0.2) is 5.82 Å². The highest BCUT2D eigenvalue weighted by Crippen LogP contribution is 2.24. The number of para-hydroxylation sites is 2. The summed E-state index contributed by atoms with van der Waals surface area (Å²) in [5.41, 5.74) is 7.67. The number of nitrogens with one attached hydrogen (secondary N) is 4. The Kier molecular flexibility index (Phi) is 3.65. The first kappa shape index (κ1) is 14.9. The molecule has 0 fully saturated rings. The molecule has 4 N–H and O–H groups in total. The number of rotatable bonds is 3. The minimum absolute atomic E-state index is 0.566. The molecule has 3 rings (SSSR count). The van der Waals surface area contributed by atoms with E-state index in [1.165, 1.54) is 0 Å². The molecule has 8 heteroatoms. The average Bonchev–Trinajstić information content (AvgIpc) is 3.09. The molecule has 0 bridgehead atoms. The van der Waals surface area contributed by atoms with Gasteiger partial charge in [0.1, 0.15) is 17.0 Å². The van der Waals surface area contributed by atoms with E-state index in [0.29, 0.717) is 17.2 Å². The molecule has 23 heavy (non-hydrogen) atoms. The van der Waals surface area contributed by atoms with E-state index in [1.54, 1.807) is 27.0 Å². The van der Waals surface area contributed by atoms with Gasteiger partial charge in [-0.05, 0) is 32.9 Å². The molecule has 0 saturated heterocycles. The lowest BCUT2D eigenvalue weighted by Crippen LogP contribution is -2.35. The molecule has 1 aromatic carbocycles. The highest BCUT2D eigenvalue weighted by molar-refractivity contribution is 5.81. The molecule has 1 amide bonds. The fourth-order valence-electron chi connectivity index (χ4n) is 2.05. The largest absolute Gasteiger partial charge is 0.443 e. The van der Waals surface area contributed by atoms with Gasteiger partial charge in [-0.15, -0.1) is 0 Å². The molecule has 2 aromatic heterocycles. The number of carbonyl (C=O) groups excluding carboxylic acids is 1. The summed E-state index contributed by atoms with van der Waals surface area (Å²) in [5.74, 6) is 0.622. The monoisotopic (exact) mass is 314 g/mol. The molecule has 0 atom stereocenters. The number of nitrogens with zero attached hydrogens (tertiary/aromatic N) is 2. The summed E-state index contributed by atoms with van der Waals surface area (Å²) in [6.45, 7) is 5.39. The highest BCUT2D eigenvalue weighted by atomic mass is 16.6. The number of hydrazine groups is 1. The van der Waals surface area contributed by atoms with Crippen LogP contribution in [0.15, 0.2) is 30.5 Å². The maximum Gasteiger partial charge on any atom is 0.426 e. The van der Waals surface area contributed by atoms with Crippen LogP contribution in [-0.4, -0.2) is 31.9 Å². The van der Waals surface area contributed by atoms with E-state index in [4.69, 9.17) is 4.74 Å². The van der Waals surface area contributed by atoms with E-state index in [9.17, 15) is 4.79 Å². The van der Waals surface area contributed by atoms with Crippen molar-refractivity contribution in [3.05, 3.63) is 30.5 Å². The van der Waals surface area contributed by atoms with Crippen LogP contribution >= 0.6 is 0 Å². The molecule has 0 aliphatic heterocycles. The number of imidazole rings is 1. The fraction of sp³-hybridized carbons (Fsp3) is 0.267. The molecular formula is C15H18N6O2. The lowest BCUT2D eigenvalue weighted by molar-refractivity contribution is 0.0541. The molecule has 2 heterocycles. The van der Waals surface area contributed by atoms with Gasteiger partial charge in [0.05, 0.1) is 17.2 Å². The lowest BCUT2D eigenvalue weighted by Gasteiger charge is -2.19. The molecule has 8 nitrogen and oxygen atoms in total. The van der Waals surface area contributed by atoms with Crippen LogP contribution in [0, 0.1) is 0 Å². The highest BCUT2D eigenvalue weighted by Gasteiger charge is 2.17. The van der Waals surface area contributed by atoms with E-state index < -0.39 is 11.7 Å². The van der Waals surface area contributed by atoms with Crippen molar-refractivity contribution >= 4 is 22.8 Å². The van der Waals surface area contributed by atoms with Gasteiger partial charge in [0, 0.05) is 0 Å². The Morgan fingerprint density at radius 2 is 2.04 bits per heavy atom. The van der Waals surface area contributed by atoms with Crippen molar-refractivity contribution in [1.29, 1.82) is 0 Å². The maximum atomic E-state index is 11.7. The first-order chi connectivity index (χ1) is 10.9. The van der Waals surface area contributed by atoms with Crippen molar-refractivity contribution in [2.45, 2.75) is 26.4 Å². The number of amides is 1. The van der Waals surface area contributed by atoms with E-state index in [0.717, 1.165) is 11.0 Å². The second kappa shape index (κ2) is 5.64. The van der Waals surface area contributed by atoms with Crippen molar-refractivity contribution < 1.29 is 9.53 Å². The van der Waals surface area contributed by atoms with Crippen molar-refractivity contribution in [3.63, 3.8) is 0 Å². The summed E-state index contributed by atoms with van der Waals surface area (Å²) in [5, 5.41) is 6.84. The molecule has 0 aliphatic carbocycles. The second-order valence-corrected chi connectivity index (χ2v) is 6.01. The van der Waals surface area contributed by atoms with E-state index >= 15 is 0 Å². The average molecular weight is 314 g/mol. The molecule has 0 spiro atoms. The van der Waals surface area contributed by atoms with Gasteiger partial charge in [-0.2, -0.15) is 5.10 Å². The first-order valence-corrected chi connectivity index (χ1v) is 7.16. The van der Waals surface area contributed by atoms with Crippen LogP contribution in [0.5, 0.6) is 0 Å². The van der Waals surface area contributed by atoms with Gasteiger partial charge >= 0.3 is 6.09 Å². The Bertz CT molecular complexity index is 797. The first-order valence-electron chi connectivity index (χ1n) is 7.16. The van der Waals surface area contributed by atoms with Crippen molar-refractivity contribution in [2.75, 3.05) is 5.43 Å². The lowest BCUT2D eigenvalue weighted by atomic mass is 10.2. The van der Waals surface area contributed by atoms with Crippen LogP contribution in [0.4, 0.5) is 10.5 Å². The van der Waals surface area contributed by atoms with E-state index in [1.807, 2.05) is 24.3 Å². The normalized spacial score (nSPS) is 11.4. The number of carbonyl (C=O) groups is 1. The Balaban J connectivity index is 1.76. The van der Waals surface area contributed by atoms with Crippen molar-refractivity contribution in [3.8, 4) is 11.5 Å². The third-order valence-corrected chi connectivity index (χ3v) is 2.96. The zero-order valence-corrected chi connectivity index (χ0v) is 13.1. The molecular weight excluding hydrogens is 296 g/mol. The zero-order valence-electron chi connectivity index (χ0n) is 13.1. The van der Waals surface area contributed by atoms with Gasteiger partial charge < -0.3 is 9.72 Å². The van der Waals surface area contributed by atoms with Crippen LogP contribution in [0.25, 0.3) is 22.6 Å². The Morgan fingerprint density at radius 3 is 2.78 bits per heavy atom. The number of benzene rings is 1. The summed E-state index contributed by atoms with van der Waals surface area (Å²) in [6.07, 6.45) is 0.981. The number of aromatic nitrogens is 4. The smallest absolute Gasteiger partial charge is 0.426 e. The van der Waals surface area contributed by atoms with Crippen molar-refractivity contribution in [2.24, 2.45) is 0 Å². The maximum absolute atomic E-state index is 11.7. The Hall–Kier alpha value is -3.03. The minimum atomic E-state index is -0.575.